The average Bonchev–Trinajstić information content (AvgIpc) is 2.82. The zero-order valence-corrected chi connectivity index (χ0v) is 10.6. The van der Waals surface area contributed by atoms with Crippen molar-refractivity contribution < 1.29 is 9.52 Å². The number of benzene rings is 1. The second-order valence-electron chi connectivity index (χ2n) is 4.16. The van der Waals surface area contributed by atoms with Crippen LogP contribution in [-0.4, -0.2) is 28.9 Å². The smallest absolute Gasteiger partial charge is 0.248 e. The van der Waals surface area contributed by atoms with Crippen LogP contribution < -0.4 is 5.32 Å². The van der Waals surface area contributed by atoms with Crippen LogP contribution in [0.2, 0.25) is 0 Å². The van der Waals surface area contributed by atoms with Crippen LogP contribution in [0.25, 0.3) is 11.5 Å². The van der Waals surface area contributed by atoms with Gasteiger partial charge in [-0.1, -0.05) is 6.07 Å². The summed E-state index contributed by atoms with van der Waals surface area (Å²) in [5, 5.41) is 20.7. The molecule has 1 aromatic carbocycles. The van der Waals surface area contributed by atoms with Crippen molar-refractivity contribution in [2.24, 2.45) is 0 Å². The Morgan fingerprint density at radius 1 is 1.33 bits per heavy atom. The molecule has 2 rings (SSSR count). The Morgan fingerprint density at radius 2 is 2.17 bits per heavy atom. The van der Waals surface area contributed by atoms with Crippen LogP contribution in [0.4, 0.5) is 0 Å². The van der Waals surface area contributed by atoms with Gasteiger partial charge in [-0.15, -0.1) is 10.2 Å². The third-order valence-corrected chi connectivity index (χ3v) is 2.82. The van der Waals surface area contributed by atoms with Gasteiger partial charge in [-0.2, -0.15) is 0 Å². The summed E-state index contributed by atoms with van der Waals surface area (Å²) >= 11 is 0. The number of hydrogen-bond acceptors (Lipinski definition) is 5. The number of rotatable bonds is 5. The van der Waals surface area contributed by atoms with E-state index in [9.17, 15) is 5.11 Å². The van der Waals surface area contributed by atoms with Gasteiger partial charge in [0.2, 0.25) is 11.8 Å². The Hall–Kier alpha value is -1.88. The van der Waals surface area contributed by atoms with Gasteiger partial charge >= 0.3 is 0 Å². The lowest BCUT2D eigenvalue weighted by Gasteiger charge is -2.02. The molecule has 5 heteroatoms. The maximum Gasteiger partial charge on any atom is 0.248 e. The second kappa shape index (κ2) is 5.64. The molecule has 0 unspecified atom stereocenters. The SMILES string of the molecule is CNCCCc1nnc(-c2cccc(O)c2C)o1. The van der Waals surface area contributed by atoms with Crippen molar-refractivity contribution >= 4 is 0 Å². The largest absolute Gasteiger partial charge is 0.508 e. The van der Waals surface area contributed by atoms with Crippen molar-refractivity contribution in [3.63, 3.8) is 0 Å². The fourth-order valence-corrected chi connectivity index (χ4v) is 1.74. The van der Waals surface area contributed by atoms with Crippen molar-refractivity contribution in [1.82, 2.24) is 15.5 Å². The molecule has 18 heavy (non-hydrogen) atoms. The Bertz CT molecular complexity index is 523. The van der Waals surface area contributed by atoms with Gasteiger partial charge in [0.05, 0.1) is 0 Å². The summed E-state index contributed by atoms with van der Waals surface area (Å²) < 4.78 is 5.59. The van der Waals surface area contributed by atoms with Gasteiger partial charge in [-0.25, -0.2) is 0 Å². The van der Waals surface area contributed by atoms with Crippen molar-refractivity contribution in [3.8, 4) is 17.2 Å². The minimum atomic E-state index is 0.238. The molecule has 0 bridgehead atoms. The molecular formula is C13H17N3O2. The van der Waals surface area contributed by atoms with Crippen LogP contribution in [0.3, 0.4) is 0 Å². The summed E-state index contributed by atoms with van der Waals surface area (Å²) in [7, 11) is 1.91. The summed E-state index contributed by atoms with van der Waals surface area (Å²) in [4.78, 5) is 0. The third kappa shape index (κ3) is 2.68. The van der Waals surface area contributed by atoms with Gasteiger partial charge in [0.25, 0.3) is 0 Å². The number of nitrogens with zero attached hydrogens (tertiary/aromatic N) is 2. The summed E-state index contributed by atoms with van der Waals surface area (Å²) in [5.74, 6) is 1.33. The van der Waals surface area contributed by atoms with Crippen molar-refractivity contribution in [2.75, 3.05) is 13.6 Å². The molecule has 0 atom stereocenters. The van der Waals surface area contributed by atoms with E-state index >= 15 is 0 Å². The Kier molecular flexibility index (Phi) is 3.94. The molecule has 5 nitrogen and oxygen atoms in total. The number of aromatic hydroxyl groups is 1. The van der Waals surface area contributed by atoms with Crippen molar-refractivity contribution in [2.45, 2.75) is 19.8 Å². The van der Waals surface area contributed by atoms with Crippen molar-refractivity contribution in [3.05, 3.63) is 29.7 Å². The zero-order chi connectivity index (χ0) is 13.0. The summed E-state index contributed by atoms with van der Waals surface area (Å²) in [6.07, 6.45) is 1.71. The maximum atomic E-state index is 9.64. The molecule has 0 saturated carbocycles. The lowest BCUT2D eigenvalue weighted by Crippen LogP contribution is -2.08. The first kappa shape index (κ1) is 12.6. The Morgan fingerprint density at radius 3 is 2.94 bits per heavy atom. The van der Waals surface area contributed by atoms with Crippen LogP contribution in [0.1, 0.15) is 17.9 Å². The predicted molar refractivity (Wildman–Crippen MR) is 68.4 cm³/mol. The van der Waals surface area contributed by atoms with E-state index in [2.05, 4.69) is 15.5 Å². The first-order valence-electron chi connectivity index (χ1n) is 5.98. The van der Waals surface area contributed by atoms with E-state index in [1.54, 1.807) is 12.1 Å². The molecule has 0 radical (unpaired) electrons. The number of hydrogen-bond donors (Lipinski definition) is 2. The molecule has 0 fully saturated rings. The maximum absolute atomic E-state index is 9.64. The van der Waals surface area contributed by atoms with Gasteiger partial charge in [0.15, 0.2) is 0 Å². The number of aryl methyl sites for hydroxylation is 1. The van der Waals surface area contributed by atoms with E-state index in [1.165, 1.54) is 0 Å². The predicted octanol–water partition coefficient (Wildman–Crippen LogP) is 1.90. The molecule has 0 amide bonds. The van der Waals surface area contributed by atoms with Gasteiger partial charge in [0, 0.05) is 17.5 Å². The fraction of sp³-hybridized carbons (Fsp3) is 0.385. The van der Waals surface area contributed by atoms with E-state index in [0.717, 1.165) is 30.5 Å². The summed E-state index contributed by atoms with van der Waals surface area (Å²) in [6, 6.07) is 5.27. The van der Waals surface area contributed by atoms with Crippen LogP contribution in [0.5, 0.6) is 5.75 Å². The Balaban J connectivity index is 2.16. The highest BCUT2D eigenvalue weighted by molar-refractivity contribution is 5.61. The standard InChI is InChI=1S/C13H17N3O2/c1-9-10(5-3-6-11(9)17)13-16-15-12(18-13)7-4-8-14-2/h3,5-6,14,17H,4,7-8H2,1-2H3. The summed E-state index contributed by atoms with van der Waals surface area (Å²) in [5.41, 5.74) is 1.53. The molecule has 2 aromatic rings. The summed E-state index contributed by atoms with van der Waals surface area (Å²) in [6.45, 7) is 2.75. The van der Waals surface area contributed by atoms with Gasteiger partial charge < -0.3 is 14.8 Å². The lowest BCUT2D eigenvalue weighted by molar-refractivity contribution is 0.469. The molecule has 0 aliphatic carbocycles. The van der Waals surface area contributed by atoms with Crippen LogP contribution in [0, 0.1) is 6.92 Å². The number of nitrogens with one attached hydrogen (secondary N) is 1. The van der Waals surface area contributed by atoms with E-state index in [4.69, 9.17) is 4.42 Å². The molecular weight excluding hydrogens is 230 g/mol. The molecule has 2 N–H and O–H groups in total. The number of phenolic OH excluding ortho intramolecular Hbond substituents is 1. The van der Waals surface area contributed by atoms with E-state index in [1.807, 2.05) is 20.0 Å². The average molecular weight is 247 g/mol. The zero-order valence-electron chi connectivity index (χ0n) is 10.6. The van der Waals surface area contributed by atoms with Crippen LogP contribution >= 0.6 is 0 Å². The van der Waals surface area contributed by atoms with Gasteiger partial charge in [0.1, 0.15) is 5.75 Å². The normalized spacial score (nSPS) is 10.8. The topological polar surface area (TPSA) is 71.2 Å². The monoisotopic (exact) mass is 247 g/mol. The number of phenols is 1. The molecule has 0 aliphatic rings. The molecule has 1 heterocycles. The van der Waals surface area contributed by atoms with E-state index < -0.39 is 0 Å². The first-order chi connectivity index (χ1) is 8.72. The minimum Gasteiger partial charge on any atom is -0.508 e. The molecule has 96 valence electrons. The van der Waals surface area contributed by atoms with Crippen molar-refractivity contribution in [1.29, 1.82) is 0 Å². The fourth-order valence-electron chi connectivity index (χ4n) is 1.74. The molecule has 0 aliphatic heterocycles. The lowest BCUT2D eigenvalue weighted by atomic mass is 10.1. The van der Waals surface area contributed by atoms with Gasteiger partial charge in [-0.05, 0) is 39.1 Å². The minimum absolute atomic E-state index is 0.238. The molecule has 0 spiro atoms. The van der Waals surface area contributed by atoms with E-state index in [-0.39, 0.29) is 5.75 Å². The molecule has 1 aromatic heterocycles. The first-order valence-corrected chi connectivity index (χ1v) is 5.98. The highest BCUT2D eigenvalue weighted by atomic mass is 16.4. The van der Waals surface area contributed by atoms with Crippen LogP contribution in [0.15, 0.2) is 22.6 Å². The van der Waals surface area contributed by atoms with Crippen LogP contribution in [-0.2, 0) is 6.42 Å². The third-order valence-electron chi connectivity index (χ3n) is 2.82. The second-order valence-corrected chi connectivity index (χ2v) is 4.16. The van der Waals surface area contributed by atoms with E-state index in [0.29, 0.717) is 11.8 Å². The van der Waals surface area contributed by atoms with Gasteiger partial charge in [-0.3, -0.25) is 0 Å². The Labute approximate surface area is 106 Å². The highest BCUT2D eigenvalue weighted by Crippen LogP contribution is 2.28. The highest BCUT2D eigenvalue weighted by Gasteiger charge is 2.12. The molecule has 0 saturated heterocycles. The number of aromatic nitrogens is 2. The quantitative estimate of drug-likeness (QED) is 0.790.